The summed E-state index contributed by atoms with van der Waals surface area (Å²) < 4.78 is 186. The molecule has 3 aromatic rings. The van der Waals surface area contributed by atoms with Crippen LogP contribution in [0.15, 0.2) is 0 Å². The summed E-state index contributed by atoms with van der Waals surface area (Å²) in [5.41, 5.74) is -8.36. The van der Waals surface area contributed by atoms with Crippen molar-refractivity contribution in [3.8, 4) is 11.1 Å². The van der Waals surface area contributed by atoms with Crippen molar-refractivity contribution in [2.45, 2.75) is 19.6 Å². The zero-order valence-electron chi connectivity index (χ0n) is 17.9. The summed E-state index contributed by atoms with van der Waals surface area (Å²) in [6, 6.07) is 0.894. The minimum atomic E-state index is -3.95. The predicted octanol–water partition coefficient (Wildman–Crippen LogP) is 7.94. The predicted molar refractivity (Wildman–Crippen MR) is 102 cm³/mol. The third-order valence-corrected chi connectivity index (χ3v) is 6.63. The van der Waals surface area contributed by atoms with E-state index in [0.717, 1.165) is 25.7 Å². The fraction of sp³-hybridized carbons (Fsp3) is 0.143. The van der Waals surface area contributed by atoms with Crippen molar-refractivity contribution in [1.29, 1.82) is 0 Å². The molecule has 193 valence electrons. The molecule has 0 bridgehead atoms. The van der Waals surface area contributed by atoms with Gasteiger partial charge in [-0.3, -0.25) is 0 Å². The maximum atomic E-state index is 15.1. The highest BCUT2D eigenvalue weighted by Crippen LogP contribution is 2.47. The Morgan fingerprint density at radius 1 is 0.417 bits per heavy atom. The van der Waals surface area contributed by atoms with Crippen LogP contribution in [0.25, 0.3) is 11.1 Å². The van der Waals surface area contributed by atoms with Crippen molar-refractivity contribution >= 4 is 19.6 Å². The fourth-order valence-electron chi connectivity index (χ4n) is 3.37. The van der Waals surface area contributed by atoms with Crippen LogP contribution in [0.1, 0.15) is 0 Å². The highest BCUT2D eigenvalue weighted by atomic mass is 28.3. The topological polar surface area (TPSA) is 3.24 Å². The first-order chi connectivity index (χ1) is 16.4. The molecule has 0 aliphatic carbocycles. The van der Waals surface area contributed by atoms with Gasteiger partial charge >= 0.3 is 0 Å². The van der Waals surface area contributed by atoms with Gasteiger partial charge in [-0.05, 0) is 0 Å². The molecule has 0 aliphatic rings. The van der Waals surface area contributed by atoms with Gasteiger partial charge < -0.3 is 4.57 Å². The molecular formula is C21H9F13NSi. The molecule has 0 N–H and O–H groups in total. The van der Waals surface area contributed by atoms with E-state index < -0.39 is 106 Å². The molecule has 36 heavy (non-hydrogen) atoms. The number of rotatable bonds is 4. The molecule has 3 rings (SSSR count). The van der Waals surface area contributed by atoms with Gasteiger partial charge in [0.05, 0.1) is 22.9 Å². The van der Waals surface area contributed by atoms with Crippen LogP contribution in [0, 0.1) is 81.7 Å². The van der Waals surface area contributed by atoms with Crippen molar-refractivity contribution < 1.29 is 57.1 Å². The van der Waals surface area contributed by atoms with Crippen LogP contribution in [0.4, 0.5) is 68.5 Å². The van der Waals surface area contributed by atoms with E-state index in [1.807, 2.05) is 0 Å². The quantitative estimate of drug-likeness (QED) is 0.138. The third-order valence-electron chi connectivity index (χ3n) is 4.84. The van der Waals surface area contributed by atoms with Crippen LogP contribution in [-0.4, -0.2) is 8.24 Å². The lowest BCUT2D eigenvalue weighted by molar-refractivity contribution is 0.380. The summed E-state index contributed by atoms with van der Waals surface area (Å²) in [5, 5.41) is 0. The third kappa shape index (κ3) is 3.98. The van der Waals surface area contributed by atoms with E-state index >= 15 is 4.39 Å². The Morgan fingerprint density at radius 3 is 1.14 bits per heavy atom. The minimum absolute atomic E-state index is 0.190. The largest absolute Gasteiger partial charge is 0.362 e. The molecule has 15 heteroatoms. The average Bonchev–Trinajstić information content (AvgIpc) is 2.80. The van der Waals surface area contributed by atoms with Crippen LogP contribution in [0.2, 0.25) is 19.6 Å². The molecule has 0 saturated heterocycles. The number of nitrogens with zero attached hydrogens (tertiary/aromatic N) is 1. The Morgan fingerprint density at radius 2 is 0.750 bits per heavy atom. The van der Waals surface area contributed by atoms with Gasteiger partial charge in [0.1, 0.15) is 5.69 Å². The van der Waals surface area contributed by atoms with E-state index in [1.54, 1.807) is 0 Å². The SMILES string of the molecule is C[Si](C)(C)N(c1c(F)c(F)c(F)c(F)c1F)c1c(F)c(F)c(F)c(F)c1-c1c(F)c(F)[c]c(F)c1F. The van der Waals surface area contributed by atoms with Gasteiger partial charge in [0.2, 0.25) is 5.82 Å². The van der Waals surface area contributed by atoms with Gasteiger partial charge in [-0.15, -0.1) is 0 Å². The van der Waals surface area contributed by atoms with Gasteiger partial charge in [-0.25, -0.2) is 57.1 Å². The van der Waals surface area contributed by atoms with E-state index in [1.165, 1.54) is 0 Å². The first-order valence-corrected chi connectivity index (χ1v) is 12.8. The van der Waals surface area contributed by atoms with E-state index in [2.05, 4.69) is 0 Å². The second-order valence-electron chi connectivity index (χ2n) is 8.16. The van der Waals surface area contributed by atoms with Gasteiger partial charge in [0, 0.05) is 0 Å². The van der Waals surface area contributed by atoms with Gasteiger partial charge in [-0.1, -0.05) is 19.6 Å². The van der Waals surface area contributed by atoms with Gasteiger partial charge in [-0.2, -0.15) is 0 Å². The van der Waals surface area contributed by atoms with E-state index in [9.17, 15) is 52.7 Å². The summed E-state index contributed by atoms with van der Waals surface area (Å²) in [5.74, 6) is -33.8. The van der Waals surface area contributed by atoms with Crippen molar-refractivity contribution in [2.75, 3.05) is 4.57 Å². The smallest absolute Gasteiger partial charge is 0.200 e. The molecule has 0 aromatic heterocycles. The summed E-state index contributed by atoms with van der Waals surface area (Å²) >= 11 is 0. The molecule has 0 fully saturated rings. The molecular weight excluding hydrogens is 541 g/mol. The standard InChI is InChI=1S/C21H9F13NSi/c1-36(2,3)35(21-18(33)15(30)13(28)16(31)19(21)34)20-8(11(26)12(27)14(29)17(20)32)7-9(24)5(22)4-6(23)10(7)25/h1-3H3. The van der Waals surface area contributed by atoms with Crippen LogP contribution in [-0.2, 0) is 0 Å². The Kier molecular flexibility index (Phi) is 6.85. The first kappa shape index (κ1) is 27.4. The van der Waals surface area contributed by atoms with Gasteiger partial charge in [0.15, 0.2) is 78.0 Å². The second-order valence-corrected chi connectivity index (χ2v) is 12.9. The average molecular weight is 550 g/mol. The molecule has 1 radical (unpaired) electrons. The number of hydrogen-bond acceptors (Lipinski definition) is 1. The highest BCUT2D eigenvalue weighted by molar-refractivity contribution is 6.81. The lowest BCUT2D eigenvalue weighted by atomic mass is 9.99. The van der Waals surface area contributed by atoms with Gasteiger partial charge in [0.25, 0.3) is 0 Å². The van der Waals surface area contributed by atoms with E-state index in [-0.39, 0.29) is 4.57 Å². The van der Waals surface area contributed by atoms with Crippen LogP contribution >= 0.6 is 0 Å². The summed E-state index contributed by atoms with van der Waals surface area (Å²) in [4.78, 5) is 0. The van der Waals surface area contributed by atoms with Crippen molar-refractivity contribution in [1.82, 2.24) is 0 Å². The van der Waals surface area contributed by atoms with Crippen molar-refractivity contribution in [2.24, 2.45) is 0 Å². The molecule has 0 atom stereocenters. The number of halogens is 13. The number of hydrogen-bond donors (Lipinski definition) is 0. The molecule has 0 amide bonds. The first-order valence-electron chi connectivity index (χ1n) is 9.38. The Bertz CT molecular complexity index is 1360. The maximum Gasteiger partial charge on any atom is 0.200 e. The van der Waals surface area contributed by atoms with Crippen LogP contribution in [0.5, 0.6) is 0 Å². The molecule has 0 heterocycles. The van der Waals surface area contributed by atoms with E-state index in [0.29, 0.717) is 0 Å². The molecule has 0 unspecified atom stereocenters. The van der Waals surface area contributed by atoms with Crippen LogP contribution in [0.3, 0.4) is 0 Å². The highest BCUT2D eigenvalue weighted by Gasteiger charge is 2.42. The van der Waals surface area contributed by atoms with Crippen molar-refractivity contribution in [3.63, 3.8) is 0 Å². The normalized spacial score (nSPS) is 11.9. The Hall–Kier alpha value is -3.23. The fourth-order valence-corrected chi connectivity index (χ4v) is 5.12. The Balaban J connectivity index is 2.68. The molecule has 0 aliphatic heterocycles. The maximum absolute atomic E-state index is 15.1. The van der Waals surface area contributed by atoms with Crippen molar-refractivity contribution in [3.05, 3.63) is 81.7 Å². The minimum Gasteiger partial charge on any atom is -0.362 e. The summed E-state index contributed by atoms with van der Waals surface area (Å²) in [7, 11) is -3.95. The monoisotopic (exact) mass is 550 g/mol. The van der Waals surface area contributed by atoms with E-state index in [4.69, 9.17) is 0 Å². The molecule has 1 nitrogen and oxygen atoms in total. The molecule has 0 saturated carbocycles. The zero-order chi connectivity index (χ0) is 27.6. The lowest BCUT2D eigenvalue weighted by Gasteiger charge is -2.38. The lowest BCUT2D eigenvalue weighted by Crippen LogP contribution is -2.45. The zero-order valence-corrected chi connectivity index (χ0v) is 18.9. The van der Waals surface area contributed by atoms with Crippen LogP contribution < -0.4 is 4.57 Å². The summed E-state index contributed by atoms with van der Waals surface area (Å²) in [6.45, 7) is 2.96. The molecule has 0 spiro atoms. The molecule has 3 aromatic carbocycles. The number of benzene rings is 3. The summed E-state index contributed by atoms with van der Waals surface area (Å²) in [6.07, 6.45) is 0. The second kappa shape index (κ2) is 9.01. The Labute approximate surface area is 194 Å². The number of anilines is 2.